The molecule has 2 aromatic rings. The maximum absolute atomic E-state index is 4.15. The molecular weight excluding hydrogens is 226 g/mol. The quantitative estimate of drug-likeness (QED) is 0.874. The van der Waals surface area contributed by atoms with Crippen LogP contribution in [-0.2, 0) is 0 Å². The van der Waals surface area contributed by atoms with Crippen LogP contribution in [0.15, 0.2) is 30.3 Å². The Balaban J connectivity index is 2.37. The van der Waals surface area contributed by atoms with Gasteiger partial charge in [0.1, 0.15) is 0 Å². The fourth-order valence-electron chi connectivity index (χ4n) is 2.06. The number of aromatic nitrogens is 4. The number of hydrogen-bond donors (Lipinski definition) is 1. The van der Waals surface area contributed by atoms with Crippen LogP contribution in [0.2, 0.25) is 0 Å². The van der Waals surface area contributed by atoms with Crippen molar-refractivity contribution in [3.63, 3.8) is 0 Å². The minimum Gasteiger partial charge on any atom is -0.311 e. The highest BCUT2D eigenvalue weighted by Gasteiger charge is 2.20. The molecule has 0 aliphatic rings. The maximum Gasteiger partial charge on any atom is 0.168 e. The van der Waals surface area contributed by atoms with Gasteiger partial charge in [-0.1, -0.05) is 37.3 Å². The van der Waals surface area contributed by atoms with Gasteiger partial charge >= 0.3 is 0 Å². The SMILES string of the molecule is CCC(c1ccccc1)n1nnnc1C(C)NC. The second-order valence-corrected chi connectivity index (χ2v) is 4.33. The van der Waals surface area contributed by atoms with Crippen molar-refractivity contribution in [3.8, 4) is 0 Å². The smallest absolute Gasteiger partial charge is 0.168 e. The third kappa shape index (κ3) is 2.41. The van der Waals surface area contributed by atoms with Crippen molar-refractivity contribution in [2.45, 2.75) is 32.4 Å². The first kappa shape index (κ1) is 12.7. The molecule has 0 fully saturated rings. The van der Waals surface area contributed by atoms with Crippen LogP contribution in [0.3, 0.4) is 0 Å². The molecular formula is C13H19N5. The Hall–Kier alpha value is -1.75. The lowest BCUT2D eigenvalue weighted by Gasteiger charge is -2.19. The number of hydrogen-bond acceptors (Lipinski definition) is 4. The second kappa shape index (κ2) is 5.73. The lowest BCUT2D eigenvalue weighted by atomic mass is 10.0. The van der Waals surface area contributed by atoms with Gasteiger partial charge < -0.3 is 5.32 Å². The van der Waals surface area contributed by atoms with Crippen molar-refractivity contribution < 1.29 is 0 Å². The zero-order chi connectivity index (χ0) is 13.0. The van der Waals surface area contributed by atoms with Crippen LogP contribution in [0.1, 0.15) is 43.7 Å². The molecule has 5 heteroatoms. The topological polar surface area (TPSA) is 55.6 Å². The summed E-state index contributed by atoms with van der Waals surface area (Å²) < 4.78 is 1.91. The van der Waals surface area contributed by atoms with Crippen LogP contribution >= 0.6 is 0 Å². The summed E-state index contributed by atoms with van der Waals surface area (Å²) in [5.41, 5.74) is 1.23. The molecule has 1 aromatic carbocycles. The van der Waals surface area contributed by atoms with E-state index in [9.17, 15) is 0 Å². The molecule has 0 spiro atoms. The van der Waals surface area contributed by atoms with Crippen LogP contribution < -0.4 is 5.32 Å². The minimum atomic E-state index is 0.137. The first-order valence-corrected chi connectivity index (χ1v) is 6.27. The minimum absolute atomic E-state index is 0.137. The van der Waals surface area contributed by atoms with Crippen LogP contribution in [-0.4, -0.2) is 27.3 Å². The average molecular weight is 245 g/mol. The molecule has 2 rings (SSSR count). The summed E-state index contributed by atoms with van der Waals surface area (Å²) in [5, 5.41) is 15.3. The summed E-state index contributed by atoms with van der Waals surface area (Å²) in [4.78, 5) is 0. The number of rotatable bonds is 5. The van der Waals surface area contributed by atoms with Gasteiger partial charge in [0.15, 0.2) is 5.82 Å². The normalized spacial score (nSPS) is 14.4. The van der Waals surface area contributed by atoms with Gasteiger partial charge in [-0.25, -0.2) is 4.68 Å². The average Bonchev–Trinajstić information content (AvgIpc) is 2.89. The Morgan fingerprint density at radius 3 is 2.61 bits per heavy atom. The van der Waals surface area contributed by atoms with Gasteiger partial charge in [-0.15, -0.1) is 5.10 Å². The van der Waals surface area contributed by atoms with Gasteiger partial charge in [-0.3, -0.25) is 0 Å². The number of benzene rings is 1. The van der Waals surface area contributed by atoms with Gasteiger partial charge in [-0.05, 0) is 36.4 Å². The van der Waals surface area contributed by atoms with E-state index < -0.39 is 0 Å². The molecule has 0 saturated carbocycles. The molecule has 18 heavy (non-hydrogen) atoms. The van der Waals surface area contributed by atoms with Crippen molar-refractivity contribution in [3.05, 3.63) is 41.7 Å². The van der Waals surface area contributed by atoms with E-state index in [-0.39, 0.29) is 12.1 Å². The fraction of sp³-hybridized carbons (Fsp3) is 0.462. The number of tetrazole rings is 1. The lowest BCUT2D eigenvalue weighted by molar-refractivity contribution is 0.449. The van der Waals surface area contributed by atoms with E-state index in [4.69, 9.17) is 0 Å². The van der Waals surface area contributed by atoms with E-state index in [1.165, 1.54) is 5.56 Å². The van der Waals surface area contributed by atoms with Crippen LogP contribution in [0, 0.1) is 0 Å². The first-order valence-electron chi connectivity index (χ1n) is 6.27. The van der Waals surface area contributed by atoms with Crippen LogP contribution in [0.5, 0.6) is 0 Å². The predicted molar refractivity (Wildman–Crippen MR) is 70.2 cm³/mol. The predicted octanol–water partition coefficient (Wildman–Crippen LogP) is 1.95. The van der Waals surface area contributed by atoms with Gasteiger partial charge in [0, 0.05) is 0 Å². The molecule has 0 radical (unpaired) electrons. The van der Waals surface area contributed by atoms with E-state index in [2.05, 4.69) is 46.8 Å². The molecule has 96 valence electrons. The summed E-state index contributed by atoms with van der Waals surface area (Å²) in [6.07, 6.45) is 0.957. The molecule has 0 aliphatic heterocycles. The molecule has 5 nitrogen and oxygen atoms in total. The molecule has 0 amide bonds. The molecule has 0 saturated heterocycles. The molecule has 2 unspecified atom stereocenters. The van der Waals surface area contributed by atoms with Crippen LogP contribution in [0.25, 0.3) is 0 Å². The monoisotopic (exact) mass is 245 g/mol. The number of nitrogens with zero attached hydrogens (tertiary/aromatic N) is 4. The van der Waals surface area contributed by atoms with E-state index >= 15 is 0 Å². The zero-order valence-corrected chi connectivity index (χ0v) is 11.0. The Kier molecular flexibility index (Phi) is 4.04. The highest BCUT2D eigenvalue weighted by molar-refractivity contribution is 5.19. The second-order valence-electron chi connectivity index (χ2n) is 4.33. The van der Waals surface area contributed by atoms with Crippen LogP contribution in [0.4, 0.5) is 0 Å². The van der Waals surface area contributed by atoms with Gasteiger partial charge in [0.25, 0.3) is 0 Å². The summed E-state index contributed by atoms with van der Waals surface area (Å²) in [6, 6.07) is 10.7. The Bertz CT molecular complexity index is 479. The lowest BCUT2D eigenvalue weighted by Crippen LogP contribution is -2.22. The van der Waals surface area contributed by atoms with E-state index in [1.807, 2.05) is 29.9 Å². The van der Waals surface area contributed by atoms with Crippen molar-refractivity contribution in [2.24, 2.45) is 0 Å². The third-order valence-electron chi connectivity index (χ3n) is 3.20. The van der Waals surface area contributed by atoms with Gasteiger partial charge in [-0.2, -0.15) is 0 Å². The number of nitrogens with one attached hydrogen (secondary N) is 1. The van der Waals surface area contributed by atoms with Gasteiger partial charge in [0.2, 0.25) is 0 Å². The molecule has 1 N–H and O–H groups in total. The van der Waals surface area contributed by atoms with E-state index in [1.54, 1.807) is 0 Å². The van der Waals surface area contributed by atoms with Gasteiger partial charge in [0.05, 0.1) is 12.1 Å². The fourth-order valence-corrected chi connectivity index (χ4v) is 2.06. The summed E-state index contributed by atoms with van der Waals surface area (Å²) in [6.45, 7) is 4.20. The van der Waals surface area contributed by atoms with Crippen molar-refractivity contribution in [2.75, 3.05) is 7.05 Å². The van der Waals surface area contributed by atoms with Crippen molar-refractivity contribution in [1.82, 2.24) is 25.5 Å². The third-order valence-corrected chi connectivity index (χ3v) is 3.20. The zero-order valence-electron chi connectivity index (χ0n) is 11.0. The molecule has 0 aliphatic carbocycles. The van der Waals surface area contributed by atoms with E-state index in [0.29, 0.717) is 0 Å². The molecule has 2 atom stereocenters. The molecule has 1 heterocycles. The standard InChI is InChI=1S/C13H19N5/c1-4-12(11-8-6-5-7-9-11)18-13(10(2)14-3)15-16-17-18/h5-10,12,14H,4H2,1-3H3. The molecule has 1 aromatic heterocycles. The Morgan fingerprint density at radius 1 is 1.28 bits per heavy atom. The van der Waals surface area contributed by atoms with E-state index in [0.717, 1.165) is 12.2 Å². The first-order chi connectivity index (χ1) is 8.77. The summed E-state index contributed by atoms with van der Waals surface area (Å²) >= 11 is 0. The van der Waals surface area contributed by atoms with Crippen molar-refractivity contribution >= 4 is 0 Å². The highest BCUT2D eigenvalue weighted by Crippen LogP contribution is 2.23. The summed E-state index contributed by atoms with van der Waals surface area (Å²) in [7, 11) is 1.91. The Morgan fingerprint density at radius 2 is 2.00 bits per heavy atom. The molecule has 0 bridgehead atoms. The van der Waals surface area contributed by atoms with Crippen molar-refractivity contribution in [1.29, 1.82) is 0 Å². The summed E-state index contributed by atoms with van der Waals surface area (Å²) in [5.74, 6) is 0.869. The Labute approximate surface area is 107 Å². The highest BCUT2D eigenvalue weighted by atomic mass is 15.6. The largest absolute Gasteiger partial charge is 0.311 e. The maximum atomic E-state index is 4.15.